The summed E-state index contributed by atoms with van der Waals surface area (Å²) in [5.74, 6) is 0.201. The van der Waals surface area contributed by atoms with E-state index in [1.54, 1.807) is 0 Å². The van der Waals surface area contributed by atoms with E-state index in [1.807, 2.05) is 0 Å². The molecule has 1 fully saturated rings. The monoisotopic (exact) mass is 219 g/mol. The highest BCUT2D eigenvalue weighted by Crippen LogP contribution is 2.11. The first kappa shape index (κ1) is 11.8. The van der Waals surface area contributed by atoms with Gasteiger partial charge in [-0.15, -0.1) is 11.8 Å². The molecule has 0 spiro atoms. The van der Waals surface area contributed by atoms with Crippen LogP contribution in [0.4, 0.5) is 0 Å². The molecular formula is C9H17NO3S. The molecular weight excluding hydrogens is 202 g/mol. The molecule has 0 aromatic carbocycles. The number of ether oxygens (including phenoxy) is 1. The Kier molecular flexibility index (Phi) is 5.29. The van der Waals surface area contributed by atoms with E-state index in [4.69, 9.17) is 9.84 Å². The zero-order valence-corrected chi connectivity index (χ0v) is 9.26. The second kappa shape index (κ2) is 6.27. The molecule has 0 amide bonds. The molecule has 0 aromatic heterocycles. The van der Waals surface area contributed by atoms with Crippen LogP contribution in [0.3, 0.4) is 0 Å². The molecule has 0 aliphatic carbocycles. The average molecular weight is 219 g/mol. The minimum Gasteiger partial charge on any atom is -0.481 e. The van der Waals surface area contributed by atoms with Crippen LogP contribution in [0.15, 0.2) is 0 Å². The van der Waals surface area contributed by atoms with Crippen molar-refractivity contribution in [3.63, 3.8) is 0 Å². The molecule has 1 aliphatic rings. The van der Waals surface area contributed by atoms with Crippen LogP contribution < -0.4 is 0 Å². The molecule has 1 heterocycles. The van der Waals surface area contributed by atoms with Crippen molar-refractivity contribution in [2.45, 2.75) is 13.0 Å². The first-order chi connectivity index (χ1) is 6.72. The van der Waals surface area contributed by atoms with Gasteiger partial charge in [0.2, 0.25) is 0 Å². The fraction of sp³-hybridized carbons (Fsp3) is 0.889. The molecule has 14 heavy (non-hydrogen) atoms. The van der Waals surface area contributed by atoms with E-state index < -0.39 is 5.97 Å². The summed E-state index contributed by atoms with van der Waals surface area (Å²) in [5, 5.41) is 8.47. The molecule has 0 bridgehead atoms. The first-order valence-corrected chi connectivity index (χ1v) is 6.01. The molecule has 82 valence electrons. The van der Waals surface area contributed by atoms with E-state index in [1.165, 1.54) is 11.8 Å². The highest BCUT2D eigenvalue weighted by atomic mass is 32.2. The third-order valence-corrected chi connectivity index (χ3v) is 3.26. The summed E-state index contributed by atoms with van der Waals surface area (Å²) in [6, 6.07) is 0. The van der Waals surface area contributed by atoms with E-state index in [9.17, 15) is 4.79 Å². The van der Waals surface area contributed by atoms with Crippen LogP contribution in [0.5, 0.6) is 0 Å². The predicted octanol–water partition coefficient (Wildman–Crippen LogP) is 0.525. The minimum atomic E-state index is -0.752. The highest BCUT2D eigenvalue weighted by Gasteiger charge is 2.19. The molecule has 1 aliphatic heterocycles. The predicted molar refractivity (Wildman–Crippen MR) is 56.8 cm³/mol. The lowest BCUT2D eigenvalue weighted by molar-refractivity contribution is -0.133. The van der Waals surface area contributed by atoms with Gasteiger partial charge in [-0.05, 0) is 6.54 Å². The van der Waals surface area contributed by atoms with E-state index in [0.29, 0.717) is 0 Å². The summed E-state index contributed by atoms with van der Waals surface area (Å²) in [7, 11) is 0. The van der Waals surface area contributed by atoms with Gasteiger partial charge in [0.25, 0.3) is 0 Å². The Morgan fingerprint density at radius 3 is 3.14 bits per heavy atom. The number of carboxylic acids is 1. The number of carboxylic acid groups (broad SMARTS) is 1. The molecule has 1 N–H and O–H groups in total. The summed E-state index contributed by atoms with van der Waals surface area (Å²) in [4.78, 5) is 12.6. The Bertz CT molecular complexity index is 189. The quantitative estimate of drug-likeness (QED) is 0.730. The highest BCUT2D eigenvalue weighted by molar-refractivity contribution is 7.99. The number of nitrogens with zero attached hydrogens (tertiary/aromatic N) is 1. The summed E-state index contributed by atoms with van der Waals surface area (Å²) >= 11 is 1.43. The van der Waals surface area contributed by atoms with Crippen molar-refractivity contribution in [3.05, 3.63) is 0 Å². The third kappa shape index (κ3) is 4.30. The summed E-state index contributed by atoms with van der Waals surface area (Å²) in [5.41, 5.74) is 0. The van der Waals surface area contributed by atoms with E-state index >= 15 is 0 Å². The molecule has 1 saturated heterocycles. The van der Waals surface area contributed by atoms with Gasteiger partial charge >= 0.3 is 5.97 Å². The van der Waals surface area contributed by atoms with Crippen molar-refractivity contribution in [2.75, 3.05) is 37.7 Å². The molecule has 1 unspecified atom stereocenters. The maximum Gasteiger partial charge on any atom is 0.313 e. The van der Waals surface area contributed by atoms with Crippen molar-refractivity contribution in [1.82, 2.24) is 4.90 Å². The molecule has 4 nitrogen and oxygen atoms in total. The Morgan fingerprint density at radius 2 is 2.50 bits per heavy atom. The normalized spacial score (nSPS) is 23.6. The van der Waals surface area contributed by atoms with Crippen LogP contribution >= 0.6 is 11.8 Å². The van der Waals surface area contributed by atoms with Gasteiger partial charge in [0.1, 0.15) is 0 Å². The van der Waals surface area contributed by atoms with Crippen LogP contribution in [0.25, 0.3) is 0 Å². The molecule has 1 atom stereocenters. The summed E-state index contributed by atoms with van der Waals surface area (Å²) in [6.07, 6.45) is 0.202. The standard InChI is InChI=1S/C9H17NO3S/c1-2-10-3-4-13-8(5-10)6-14-7-9(11)12/h8H,2-7H2,1H3,(H,11,12). The lowest BCUT2D eigenvalue weighted by Gasteiger charge is -2.31. The van der Waals surface area contributed by atoms with Crippen molar-refractivity contribution >= 4 is 17.7 Å². The summed E-state index contributed by atoms with van der Waals surface area (Å²) < 4.78 is 5.54. The first-order valence-electron chi connectivity index (χ1n) is 4.86. The number of morpholine rings is 1. The Hall–Kier alpha value is -0.260. The SMILES string of the molecule is CCN1CCOC(CSCC(=O)O)C1. The number of aliphatic carboxylic acids is 1. The molecule has 5 heteroatoms. The number of hydrogen-bond donors (Lipinski definition) is 1. The zero-order chi connectivity index (χ0) is 10.4. The molecule has 0 radical (unpaired) electrons. The van der Waals surface area contributed by atoms with Crippen LogP contribution in [-0.4, -0.2) is 59.8 Å². The van der Waals surface area contributed by atoms with Gasteiger partial charge in [0, 0.05) is 18.8 Å². The minimum absolute atomic E-state index is 0.173. The van der Waals surface area contributed by atoms with Crippen LogP contribution in [0, 0.1) is 0 Å². The number of rotatable bonds is 5. The van der Waals surface area contributed by atoms with E-state index in [-0.39, 0.29) is 11.9 Å². The lowest BCUT2D eigenvalue weighted by atomic mass is 10.3. The van der Waals surface area contributed by atoms with Crippen LogP contribution in [-0.2, 0) is 9.53 Å². The van der Waals surface area contributed by atoms with Crippen LogP contribution in [0.2, 0.25) is 0 Å². The number of likely N-dealkylation sites (N-methyl/N-ethyl adjacent to an activating group) is 1. The smallest absolute Gasteiger partial charge is 0.313 e. The van der Waals surface area contributed by atoms with Gasteiger partial charge < -0.3 is 9.84 Å². The maximum atomic E-state index is 10.3. The van der Waals surface area contributed by atoms with Crippen molar-refractivity contribution < 1.29 is 14.6 Å². The van der Waals surface area contributed by atoms with Crippen molar-refractivity contribution in [2.24, 2.45) is 0 Å². The lowest BCUT2D eigenvalue weighted by Crippen LogP contribution is -2.43. The molecule has 1 rings (SSSR count). The van der Waals surface area contributed by atoms with Gasteiger partial charge in [-0.25, -0.2) is 0 Å². The summed E-state index contributed by atoms with van der Waals surface area (Å²) in [6.45, 7) is 5.88. The van der Waals surface area contributed by atoms with Gasteiger partial charge in [0.15, 0.2) is 0 Å². The van der Waals surface area contributed by atoms with Gasteiger partial charge in [-0.2, -0.15) is 0 Å². The fourth-order valence-electron chi connectivity index (χ4n) is 1.45. The van der Waals surface area contributed by atoms with Crippen molar-refractivity contribution in [3.8, 4) is 0 Å². The molecule has 0 aromatic rings. The van der Waals surface area contributed by atoms with Gasteiger partial charge in [-0.3, -0.25) is 9.69 Å². The fourth-order valence-corrected chi connectivity index (χ4v) is 2.20. The van der Waals surface area contributed by atoms with Gasteiger partial charge in [-0.1, -0.05) is 6.92 Å². The number of thioether (sulfide) groups is 1. The Balaban J connectivity index is 2.14. The topological polar surface area (TPSA) is 49.8 Å². The Morgan fingerprint density at radius 1 is 1.71 bits per heavy atom. The van der Waals surface area contributed by atoms with Crippen LogP contribution in [0.1, 0.15) is 6.92 Å². The molecule has 0 saturated carbocycles. The number of carbonyl (C=O) groups is 1. The number of hydrogen-bond acceptors (Lipinski definition) is 4. The van der Waals surface area contributed by atoms with Gasteiger partial charge in [0.05, 0.1) is 18.5 Å². The average Bonchev–Trinajstić information content (AvgIpc) is 2.18. The Labute approximate surface area is 88.6 Å². The third-order valence-electron chi connectivity index (χ3n) is 2.20. The van der Waals surface area contributed by atoms with E-state index in [2.05, 4.69) is 11.8 Å². The van der Waals surface area contributed by atoms with Crippen molar-refractivity contribution in [1.29, 1.82) is 0 Å². The van der Waals surface area contributed by atoms with E-state index in [0.717, 1.165) is 32.0 Å². The second-order valence-electron chi connectivity index (χ2n) is 3.29. The second-order valence-corrected chi connectivity index (χ2v) is 4.33. The maximum absolute atomic E-state index is 10.3. The largest absolute Gasteiger partial charge is 0.481 e. The zero-order valence-electron chi connectivity index (χ0n) is 8.44.